The van der Waals surface area contributed by atoms with E-state index in [1.54, 1.807) is 0 Å². The molecule has 3 rings (SSSR count). The average molecular weight is 395 g/mol. The summed E-state index contributed by atoms with van der Waals surface area (Å²) in [4.78, 5) is 12.1. The lowest BCUT2D eigenvalue weighted by atomic mass is 9.66. The van der Waals surface area contributed by atoms with Crippen molar-refractivity contribution in [1.29, 1.82) is 0 Å². The van der Waals surface area contributed by atoms with Crippen LogP contribution < -0.4 is 5.32 Å². The minimum atomic E-state index is -0.422. The molecular weight excluding hydrogens is 365 g/mol. The Kier molecular flexibility index (Phi) is 6.65. The second-order valence-corrected chi connectivity index (χ2v) is 8.42. The van der Waals surface area contributed by atoms with Crippen molar-refractivity contribution in [3.63, 3.8) is 0 Å². The van der Waals surface area contributed by atoms with Gasteiger partial charge in [-0.1, -0.05) is 60.7 Å². The molecule has 2 aromatic carbocycles. The quantitative estimate of drug-likeness (QED) is 0.690. The number of rotatable bonds is 7. The summed E-state index contributed by atoms with van der Waals surface area (Å²) in [5, 5.41) is 2.85. The van der Waals surface area contributed by atoms with Crippen LogP contribution >= 0.6 is 0 Å². The van der Waals surface area contributed by atoms with E-state index in [-0.39, 0.29) is 19.5 Å². The fourth-order valence-corrected chi connectivity index (χ4v) is 3.32. The number of hydrogen-bond donors (Lipinski definition) is 1. The van der Waals surface area contributed by atoms with Gasteiger partial charge < -0.3 is 19.4 Å². The van der Waals surface area contributed by atoms with Gasteiger partial charge in [0, 0.05) is 12.4 Å². The molecule has 2 aromatic rings. The van der Waals surface area contributed by atoms with Gasteiger partial charge in [0.05, 0.1) is 11.2 Å². The van der Waals surface area contributed by atoms with E-state index in [0.29, 0.717) is 13.0 Å². The molecular formula is C23H30BNO4. The highest BCUT2D eigenvalue weighted by atomic mass is 16.7. The molecule has 29 heavy (non-hydrogen) atoms. The number of amides is 1. The lowest BCUT2D eigenvalue weighted by Crippen LogP contribution is -2.41. The Labute approximate surface area is 173 Å². The minimum absolute atomic E-state index is 0.00618. The van der Waals surface area contributed by atoms with Gasteiger partial charge in [-0.25, -0.2) is 4.79 Å². The van der Waals surface area contributed by atoms with Crippen molar-refractivity contribution in [1.82, 2.24) is 5.32 Å². The first kappa shape index (κ1) is 21.4. The summed E-state index contributed by atoms with van der Waals surface area (Å²) in [6.07, 6.45) is 0.260. The van der Waals surface area contributed by atoms with Crippen molar-refractivity contribution in [3.05, 3.63) is 71.8 Å². The van der Waals surface area contributed by atoms with E-state index < -0.39 is 17.3 Å². The van der Waals surface area contributed by atoms with Crippen molar-refractivity contribution in [2.24, 2.45) is 0 Å². The highest BCUT2D eigenvalue weighted by Gasteiger charge is 2.53. The maximum absolute atomic E-state index is 12.1. The molecule has 1 amide bonds. The fourth-order valence-electron chi connectivity index (χ4n) is 3.32. The molecule has 1 unspecified atom stereocenters. The second kappa shape index (κ2) is 9.01. The molecule has 1 fully saturated rings. The number of alkyl carbamates (subject to hydrolysis) is 1. The number of ether oxygens (including phenoxy) is 1. The van der Waals surface area contributed by atoms with E-state index in [1.165, 1.54) is 0 Å². The second-order valence-electron chi connectivity index (χ2n) is 8.42. The topological polar surface area (TPSA) is 56.8 Å². The molecule has 0 bridgehead atoms. The first-order valence-corrected chi connectivity index (χ1v) is 10.1. The summed E-state index contributed by atoms with van der Waals surface area (Å²) in [6.45, 7) is 8.92. The molecule has 0 aliphatic carbocycles. The zero-order valence-electron chi connectivity index (χ0n) is 17.7. The van der Waals surface area contributed by atoms with Crippen LogP contribution in [0, 0.1) is 0 Å². The first-order chi connectivity index (χ1) is 13.8. The van der Waals surface area contributed by atoms with Crippen LogP contribution in [0.5, 0.6) is 0 Å². The Hall–Kier alpha value is -2.31. The summed E-state index contributed by atoms with van der Waals surface area (Å²) in [6, 6.07) is 19.8. The maximum Gasteiger partial charge on any atom is 0.465 e. The largest absolute Gasteiger partial charge is 0.465 e. The third-order valence-electron chi connectivity index (χ3n) is 5.77. The van der Waals surface area contributed by atoms with Gasteiger partial charge in [-0.2, -0.15) is 0 Å². The van der Waals surface area contributed by atoms with Gasteiger partial charge in [0.15, 0.2) is 0 Å². The first-order valence-electron chi connectivity index (χ1n) is 10.1. The molecule has 6 heteroatoms. The number of benzene rings is 2. The van der Waals surface area contributed by atoms with Gasteiger partial charge in [-0.05, 0) is 45.2 Å². The molecule has 5 nitrogen and oxygen atoms in total. The Morgan fingerprint density at radius 3 is 2.10 bits per heavy atom. The molecule has 1 N–H and O–H groups in total. The third-order valence-corrected chi connectivity index (χ3v) is 5.77. The summed E-state index contributed by atoms with van der Waals surface area (Å²) in [5.41, 5.74) is 1.30. The Morgan fingerprint density at radius 2 is 1.52 bits per heavy atom. The molecule has 154 valence electrons. The average Bonchev–Trinajstić information content (AvgIpc) is 2.92. The highest BCUT2D eigenvalue weighted by Crippen LogP contribution is 2.41. The molecule has 1 aliphatic rings. The van der Waals surface area contributed by atoms with Gasteiger partial charge in [-0.15, -0.1) is 0 Å². The van der Waals surface area contributed by atoms with Crippen LogP contribution in [-0.4, -0.2) is 31.0 Å². The van der Waals surface area contributed by atoms with Gasteiger partial charge in [0.2, 0.25) is 0 Å². The van der Waals surface area contributed by atoms with E-state index in [0.717, 1.165) is 11.1 Å². The van der Waals surface area contributed by atoms with Crippen molar-refractivity contribution >= 4 is 13.2 Å². The predicted molar refractivity (Wildman–Crippen MR) is 115 cm³/mol. The van der Waals surface area contributed by atoms with E-state index in [4.69, 9.17) is 14.0 Å². The maximum atomic E-state index is 12.1. The van der Waals surface area contributed by atoms with Gasteiger partial charge in [-0.3, -0.25) is 0 Å². The van der Waals surface area contributed by atoms with E-state index in [9.17, 15) is 4.79 Å². The molecule has 1 aliphatic heterocycles. The smallest absolute Gasteiger partial charge is 0.445 e. The van der Waals surface area contributed by atoms with Crippen molar-refractivity contribution in [2.45, 2.75) is 57.7 Å². The third kappa shape index (κ3) is 5.40. The molecule has 0 radical (unpaired) electrons. The number of carbonyl (C=O) groups is 1. The molecule has 1 heterocycles. The lowest BCUT2D eigenvalue weighted by molar-refractivity contribution is 0.00578. The van der Waals surface area contributed by atoms with Crippen LogP contribution in [0.2, 0.25) is 0 Å². The van der Waals surface area contributed by atoms with E-state index in [1.807, 2.05) is 76.2 Å². The molecule has 0 spiro atoms. The predicted octanol–water partition coefficient (Wildman–Crippen LogP) is 4.72. The number of carbonyl (C=O) groups excluding carboxylic acids is 1. The van der Waals surface area contributed by atoms with Crippen LogP contribution in [0.1, 0.15) is 51.1 Å². The van der Waals surface area contributed by atoms with Crippen molar-refractivity contribution in [2.75, 3.05) is 6.54 Å². The minimum Gasteiger partial charge on any atom is -0.445 e. The summed E-state index contributed by atoms with van der Waals surface area (Å²) < 4.78 is 17.8. The normalized spacial score (nSPS) is 18.3. The van der Waals surface area contributed by atoms with Crippen LogP contribution in [-0.2, 0) is 20.7 Å². The van der Waals surface area contributed by atoms with Crippen LogP contribution in [0.4, 0.5) is 4.79 Å². The van der Waals surface area contributed by atoms with Crippen LogP contribution in [0.15, 0.2) is 60.7 Å². The zero-order chi connectivity index (χ0) is 20.9. The van der Waals surface area contributed by atoms with Crippen LogP contribution in [0.3, 0.4) is 0 Å². The Bertz CT molecular complexity index is 779. The van der Waals surface area contributed by atoms with Gasteiger partial charge in [0.25, 0.3) is 0 Å². The number of hydrogen-bond acceptors (Lipinski definition) is 4. The highest BCUT2D eigenvalue weighted by molar-refractivity contribution is 6.47. The number of nitrogens with one attached hydrogen (secondary N) is 1. The molecule has 0 saturated carbocycles. The summed E-state index contributed by atoms with van der Waals surface area (Å²) >= 11 is 0. The fraction of sp³-hybridized carbons (Fsp3) is 0.435. The summed E-state index contributed by atoms with van der Waals surface area (Å²) in [5.74, 6) is 0.00618. The SMILES string of the molecule is CC1(C)OB(C(CCNC(=O)OCc2ccccc2)c2ccccc2)OC1(C)C. The monoisotopic (exact) mass is 395 g/mol. The molecule has 1 atom stereocenters. The summed E-state index contributed by atoms with van der Waals surface area (Å²) in [7, 11) is -0.371. The Morgan fingerprint density at radius 1 is 0.966 bits per heavy atom. The standard InChI is InChI=1S/C23H30BNO4/c1-22(2)23(3,4)29-24(28-22)20(19-13-9-6-10-14-19)15-16-25-21(26)27-17-18-11-7-5-8-12-18/h5-14,20H,15-17H2,1-4H3,(H,25,26). The molecule has 1 saturated heterocycles. The zero-order valence-corrected chi connectivity index (χ0v) is 17.7. The van der Waals surface area contributed by atoms with E-state index in [2.05, 4.69) is 17.4 Å². The van der Waals surface area contributed by atoms with Crippen molar-refractivity contribution < 1.29 is 18.8 Å². The van der Waals surface area contributed by atoms with Gasteiger partial charge in [0.1, 0.15) is 6.61 Å². The van der Waals surface area contributed by atoms with Gasteiger partial charge >= 0.3 is 13.2 Å². The lowest BCUT2D eigenvalue weighted by Gasteiger charge is -2.32. The van der Waals surface area contributed by atoms with Crippen molar-refractivity contribution in [3.8, 4) is 0 Å². The Balaban J connectivity index is 1.58. The molecule has 0 aromatic heterocycles. The van der Waals surface area contributed by atoms with Crippen LogP contribution in [0.25, 0.3) is 0 Å². The van der Waals surface area contributed by atoms with E-state index >= 15 is 0 Å².